The molecular weight excluding hydrogens is 312 g/mol. The second-order valence-corrected chi connectivity index (χ2v) is 8.18. The first-order chi connectivity index (χ1) is 10.9. The van der Waals surface area contributed by atoms with Crippen molar-refractivity contribution < 1.29 is 13.2 Å². The zero-order valence-corrected chi connectivity index (χ0v) is 14.9. The second kappa shape index (κ2) is 7.45. The summed E-state index contributed by atoms with van der Waals surface area (Å²) in [6.45, 7) is 6.83. The molecule has 5 nitrogen and oxygen atoms in total. The summed E-state index contributed by atoms with van der Waals surface area (Å²) >= 11 is 0. The van der Waals surface area contributed by atoms with Crippen LogP contribution in [0.5, 0.6) is 0 Å². The van der Waals surface area contributed by atoms with Gasteiger partial charge in [-0.3, -0.25) is 4.79 Å². The maximum Gasteiger partial charge on any atom is 0.243 e. The summed E-state index contributed by atoms with van der Waals surface area (Å²) in [6.07, 6.45) is 3.64. The molecular formula is C17H26N2O3S. The van der Waals surface area contributed by atoms with E-state index in [4.69, 9.17) is 0 Å². The molecule has 0 aromatic heterocycles. The molecule has 0 aliphatic carbocycles. The van der Waals surface area contributed by atoms with Crippen LogP contribution in [0.25, 0.3) is 0 Å². The van der Waals surface area contributed by atoms with E-state index in [1.165, 1.54) is 0 Å². The van der Waals surface area contributed by atoms with Crippen LogP contribution < -0.4 is 5.32 Å². The molecule has 1 aromatic carbocycles. The summed E-state index contributed by atoms with van der Waals surface area (Å²) in [5.41, 5.74) is 1.44. The average Bonchev–Trinajstić information content (AvgIpc) is 2.56. The molecule has 1 aliphatic heterocycles. The highest BCUT2D eigenvalue weighted by Crippen LogP contribution is 2.25. The fraction of sp³-hybridized carbons (Fsp3) is 0.588. The molecule has 1 fully saturated rings. The smallest absolute Gasteiger partial charge is 0.243 e. The van der Waals surface area contributed by atoms with Crippen LogP contribution in [0.1, 0.15) is 45.1 Å². The van der Waals surface area contributed by atoms with Crippen molar-refractivity contribution in [1.82, 2.24) is 4.31 Å². The van der Waals surface area contributed by atoms with Crippen molar-refractivity contribution in [2.75, 3.05) is 18.4 Å². The van der Waals surface area contributed by atoms with E-state index < -0.39 is 10.0 Å². The van der Waals surface area contributed by atoms with Gasteiger partial charge in [0, 0.05) is 24.7 Å². The molecule has 23 heavy (non-hydrogen) atoms. The number of amides is 1. The average molecular weight is 338 g/mol. The van der Waals surface area contributed by atoms with Gasteiger partial charge in [-0.05, 0) is 43.9 Å². The molecule has 0 radical (unpaired) electrons. The van der Waals surface area contributed by atoms with E-state index in [1.807, 2.05) is 20.8 Å². The van der Waals surface area contributed by atoms with Crippen LogP contribution >= 0.6 is 0 Å². The van der Waals surface area contributed by atoms with Crippen LogP contribution in [0.3, 0.4) is 0 Å². The number of carbonyl (C=O) groups is 1. The number of carbonyl (C=O) groups excluding carboxylic acids is 1. The first-order valence-electron chi connectivity index (χ1n) is 8.28. The standard InChI is InChI=1S/C17H26N2O3S/c1-4-13(2)17(20)18-16-12-15(9-8-14(16)3)23(21,22)19-10-6-5-7-11-19/h8-9,12-13H,4-7,10-11H2,1-3H3,(H,18,20)/t13-/m0/s1. The van der Waals surface area contributed by atoms with Crippen molar-refractivity contribution in [2.45, 2.75) is 51.3 Å². The van der Waals surface area contributed by atoms with E-state index >= 15 is 0 Å². The Kier molecular flexibility index (Phi) is 5.81. The van der Waals surface area contributed by atoms with Gasteiger partial charge in [0.1, 0.15) is 0 Å². The number of piperidine rings is 1. The predicted molar refractivity (Wildman–Crippen MR) is 91.9 cm³/mol. The van der Waals surface area contributed by atoms with Crippen molar-refractivity contribution >= 4 is 21.6 Å². The van der Waals surface area contributed by atoms with Crippen LogP contribution in [0, 0.1) is 12.8 Å². The van der Waals surface area contributed by atoms with Gasteiger partial charge in [-0.1, -0.05) is 26.3 Å². The van der Waals surface area contributed by atoms with Gasteiger partial charge in [0.25, 0.3) is 0 Å². The van der Waals surface area contributed by atoms with E-state index in [0.29, 0.717) is 18.8 Å². The van der Waals surface area contributed by atoms with Gasteiger partial charge in [-0.25, -0.2) is 8.42 Å². The number of sulfonamides is 1. The van der Waals surface area contributed by atoms with E-state index in [1.54, 1.807) is 22.5 Å². The lowest BCUT2D eigenvalue weighted by Crippen LogP contribution is -2.35. The molecule has 1 atom stereocenters. The van der Waals surface area contributed by atoms with Gasteiger partial charge in [0.15, 0.2) is 0 Å². The largest absolute Gasteiger partial charge is 0.326 e. The maximum atomic E-state index is 12.7. The monoisotopic (exact) mass is 338 g/mol. The normalized spacial score (nSPS) is 17.7. The summed E-state index contributed by atoms with van der Waals surface area (Å²) in [6, 6.07) is 4.96. The molecule has 0 saturated carbocycles. The molecule has 1 N–H and O–H groups in total. The third kappa shape index (κ3) is 4.12. The molecule has 6 heteroatoms. The van der Waals surface area contributed by atoms with Crippen LogP contribution in [-0.4, -0.2) is 31.7 Å². The van der Waals surface area contributed by atoms with E-state index in [-0.39, 0.29) is 16.7 Å². The van der Waals surface area contributed by atoms with Gasteiger partial charge in [-0.2, -0.15) is 4.31 Å². The highest BCUT2D eigenvalue weighted by molar-refractivity contribution is 7.89. The highest BCUT2D eigenvalue weighted by Gasteiger charge is 2.26. The summed E-state index contributed by atoms with van der Waals surface area (Å²) < 4.78 is 27.0. The third-order valence-corrected chi connectivity index (χ3v) is 6.37. The second-order valence-electron chi connectivity index (χ2n) is 6.24. The predicted octanol–water partition coefficient (Wildman–Crippen LogP) is 3.15. The fourth-order valence-corrected chi connectivity index (χ4v) is 4.14. The molecule has 0 unspecified atom stereocenters. The van der Waals surface area contributed by atoms with Crippen LogP contribution in [0.2, 0.25) is 0 Å². The zero-order valence-electron chi connectivity index (χ0n) is 14.1. The number of nitrogens with zero attached hydrogens (tertiary/aromatic N) is 1. The van der Waals surface area contributed by atoms with Gasteiger partial charge in [0.2, 0.25) is 15.9 Å². The summed E-state index contributed by atoms with van der Waals surface area (Å²) in [7, 11) is -3.48. The Hall–Kier alpha value is -1.40. The number of hydrogen-bond acceptors (Lipinski definition) is 3. The third-order valence-electron chi connectivity index (χ3n) is 4.48. The number of hydrogen-bond donors (Lipinski definition) is 1. The zero-order chi connectivity index (χ0) is 17.0. The number of benzene rings is 1. The van der Waals surface area contributed by atoms with Crippen LogP contribution in [0.4, 0.5) is 5.69 Å². The first kappa shape index (κ1) is 17.9. The topological polar surface area (TPSA) is 66.5 Å². The number of rotatable bonds is 5. The Morgan fingerprint density at radius 3 is 2.52 bits per heavy atom. The van der Waals surface area contributed by atoms with Crippen molar-refractivity contribution in [3.8, 4) is 0 Å². The SMILES string of the molecule is CC[C@H](C)C(=O)Nc1cc(S(=O)(=O)N2CCCCC2)ccc1C. The lowest BCUT2D eigenvalue weighted by Gasteiger charge is -2.26. The quantitative estimate of drug-likeness (QED) is 0.897. The van der Waals surface area contributed by atoms with Crippen LogP contribution in [-0.2, 0) is 14.8 Å². The van der Waals surface area contributed by atoms with Gasteiger partial charge in [-0.15, -0.1) is 0 Å². The Morgan fingerprint density at radius 2 is 1.91 bits per heavy atom. The summed E-state index contributed by atoms with van der Waals surface area (Å²) in [5.74, 6) is -0.181. The molecule has 1 amide bonds. The minimum Gasteiger partial charge on any atom is -0.326 e. The first-order valence-corrected chi connectivity index (χ1v) is 9.72. The number of anilines is 1. The maximum absolute atomic E-state index is 12.7. The number of nitrogens with one attached hydrogen (secondary N) is 1. The Morgan fingerprint density at radius 1 is 1.26 bits per heavy atom. The molecule has 1 aromatic rings. The lowest BCUT2D eigenvalue weighted by atomic mass is 10.1. The Balaban J connectivity index is 2.27. The summed E-state index contributed by atoms with van der Waals surface area (Å²) in [4.78, 5) is 12.3. The van der Waals surface area contributed by atoms with Crippen LogP contribution in [0.15, 0.2) is 23.1 Å². The van der Waals surface area contributed by atoms with Crippen molar-refractivity contribution in [2.24, 2.45) is 5.92 Å². The minimum atomic E-state index is -3.48. The molecule has 128 valence electrons. The highest BCUT2D eigenvalue weighted by atomic mass is 32.2. The molecule has 1 aliphatic rings. The fourth-order valence-electron chi connectivity index (χ4n) is 2.59. The summed E-state index contributed by atoms with van der Waals surface area (Å²) in [5, 5.41) is 2.85. The number of aryl methyl sites for hydroxylation is 1. The van der Waals surface area contributed by atoms with Gasteiger partial charge >= 0.3 is 0 Å². The van der Waals surface area contributed by atoms with E-state index in [2.05, 4.69) is 5.32 Å². The lowest BCUT2D eigenvalue weighted by molar-refractivity contribution is -0.119. The Bertz CT molecular complexity index is 664. The van der Waals surface area contributed by atoms with Crippen molar-refractivity contribution in [1.29, 1.82) is 0 Å². The molecule has 0 bridgehead atoms. The van der Waals surface area contributed by atoms with Crippen molar-refractivity contribution in [3.05, 3.63) is 23.8 Å². The van der Waals surface area contributed by atoms with E-state index in [9.17, 15) is 13.2 Å². The molecule has 1 saturated heterocycles. The van der Waals surface area contributed by atoms with Crippen molar-refractivity contribution in [3.63, 3.8) is 0 Å². The molecule has 1 heterocycles. The Labute approximate surface area is 139 Å². The molecule has 0 spiro atoms. The van der Waals surface area contributed by atoms with Gasteiger partial charge < -0.3 is 5.32 Å². The minimum absolute atomic E-state index is 0.0804. The van der Waals surface area contributed by atoms with E-state index in [0.717, 1.165) is 31.2 Å². The van der Waals surface area contributed by atoms with Gasteiger partial charge in [0.05, 0.1) is 4.90 Å². The molecule has 2 rings (SSSR count).